The van der Waals surface area contributed by atoms with Gasteiger partial charge >= 0.3 is 0 Å². The van der Waals surface area contributed by atoms with Gasteiger partial charge in [-0.05, 0) is 24.6 Å². The van der Waals surface area contributed by atoms with E-state index in [4.69, 9.17) is 0 Å². The van der Waals surface area contributed by atoms with Crippen molar-refractivity contribution >= 4 is 38.1 Å². The van der Waals surface area contributed by atoms with Crippen molar-refractivity contribution < 1.29 is 18.3 Å². The van der Waals surface area contributed by atoms with Crippen molar-refractivity contribution in [2.24, 2.45) is 0 Å². The number of aromatic hydroxyl groups is 1. The Kier molecular flexibility index (Phi) is 14.7. The van der Waals surface area contributed by atoms with E-state index in [1.807, 2.05) is 0 Å². The number of carbonyl (C=O) groups excluding carboxylic acids is 1. The molecule has 0 radical (unpaired) electrons. The van der Waals surface area contributed by atoms with E-state index in [9.17, 15) is 18.3 Å². The van der Waals surface area contributed by atoms with Crippen LogP contribution in [0.2, 0.25) is 0 Å². The number of anilines is 2. The lowest BCUT2D eigenvalue weighted by Gasteiger charge is -2.16. The summed E-state index contributed by atoms with van der Waals surface area (Å²) < 4.78 is 28.6. The third-order valence-electron chi connectivity index (χ3n) is 7.85. The maximum Gasteiger partial charge on any atom is 0.261 e. The second-order valence-corrected chi connectivity index (χ2v) is 13.1. The molecule has 0 fully saturated rings. The number of phenols is 1. The molecule has 3 N–H and O–H groups in total. The van der Waals surface area contributed by atoms with Gasteiger partial charge in [-0.3, -0.25) is 9.52 Å². The summed E-state index contributed by atoms with van der Waals surface area (Å²) in [6, 6.07) is 16.6. The van der Waals surface area contributed by atoms with Gasteiger partial charge < -0.3 is 10.4 Å². The molecule has 3 aromatic rings. The molecule has 1 amide bonds. The van der Waals surface area contributed by atoms with Crippen molar-refractivity contribution in [1.29, 1.82) is 0 Å². The highest BCUT2D eigenvalue weighted by molar-refractivity contribution is 7.92. The van der Waals surface area contributed by atoms with Gasteiger partial charge in [0.05, 0.1) is 16.3 Å². The number of hydrogen-bond donors (Lipinski definition) is 3. The molecule has 230 valence electrons. The van der Waals surface area contributed by atoms with E-state index in [0.29, 0.717) is 22.9 Å². The lowest BCUT2D eigenvalue weighted by Crippen LogP contribution is -2.15. The number of fused-ring (bicyclic) bond motifs is 1. The Bertz CT molecular complexity index is 1330. The Balaban J connectivity index is 1.37. The van der Waals surface area contributed by atoms with Gasteiger partial charge in [0, 0.05) is 17.2 Å². The van der Waals surface area contributed by atoms with Gasteiger partial charge in [0.1, 0.15) is 5.75 Å². The van der Waals surface area contributed by atoms with E-state index in [1.54, 1.807) is 42.5 Å². The number of phenolic OH excluding ortho intramolecular Hbond substituents is 1. The maximum absolute atomic E-state index is 13.0. The Morgan fingerprint density at radius 2 is 1.12 bits per heavy atom. The summed E-state index contributed by atoms with van der Waals surface area (Å²) in [7, 11) is -3.85. The Morgan fingerprint density at radius 3 is 1.67 bits per heavy atom. The minimum Gasteiger partial charge on any atom is -0.505 e. The summed E-state index contributed by atoms with van der Waals surface area (Å²) in [4.78, 5) is 12.8. The summed E-state index contributed by atoms with van der Waals surface area (Å²) in [5, 5.41) is 14.7. The van der Waals surface area contributed by atoms with Gasteiger partial charge in [0.15, 0.2) is 0 Å². The van der Waals surface area contributed by atoms with E-state index >= 15 is 0 Å². The summed E-state index contributed by atoms with van der Waals surface area (Å²) >= 11 is 0. The monoisotopic (exact) mass is 594 g/mol. The highest BCUT2D eigenvalue weighted by Gasteiger charge is 2.19. The Hall–Kier alpha value is -3.06. The van der Waals surface area contributed by atoms with Crippen molar-refractivity contribution in [3.8, 4) is 5.75 Å². The lowest BCUT2D eigenvalue weighted by molar-refractivity contribution is -0.116. The molecule has 6 nitrogen and oxygen atoms in total. The average Bonchev–Trinajstić information content (AvgIpc) is 2.99. The fourth-order valence-corrected chi connectivity index (χ4v) is 6.48. The van der Waals surface area contributed by atoms with Crippen LogP contribution in [0.1, 0.15) is 116 Å². The molecule has 0 aliphatic heterocycles. The normalized spacial score (nSPS) is 11.5. The quantitative estimate of drug-likeness (QED) is 0.0650. The van der Waals surface area contributed by atoms with Crippen molar-refractivity contribution in [2.75, 3.05) is 10.0 Å². The zero-order valence-corrected chi connectivity index (χ0v) is 26.2. The third-order valence-corrected chi connectivity index (χ3v) is 9.23. The molecule has 7 heteroatoms. The minimum atomic E-state index is -3.85. The van der Waals surface area contributed by atoms with Crippen LogP contribution in [0.5, 0.6) is 5.75 Å². The van der Waals surface area contributed by atoms with Crippen LogP contribution in [0.25, 0.3) is 10.8 Å². The van der Waals surface area contributed by atoms with Crippen molar-refractivity contribution in [3.63, 3.8) is 0 Å². The first-order valence-corrected chi connectivity index (χ1v) is 17.5. The number of nitrogens with one attached hydrogen (secondary N) is 2. The van der Waals surface area contributed by atoms with Gasteiger partial charge in [-0.2, -0.15) is 0 Å². The number of rotatable bonds is 21. The first-order valence-electron chi connectivity index (χ1n) is 16.0. The van der Waals surface area contributed by atoms with Gasteiger partial charge in [0.2, 0.25) is 5.91 Å². The smallest absolute Gasteiger partial charge is 0.261 e. The molecule has 0 aromatic heterocycles. The van der Waals surface area contributed by atoms with Crippen LogP contribution in [-0.4, -0.2) is 19.4 Å². The van der Waals surface area contributed by atoms with E-state index < -0.39 is 10.0 Å². The van der Waals surface area contributed by atoms with Gasteiger partial charge in [-0.15, -0.1) is 0 Å². The molecule has 3 rings (SSSR count). The zero-order chi connectivity index (χ0) is 30.0. The first kappa shape index (κ1) is 33.4. The zero-order valence-electron chi connectivity index (χ0n) is 25.4. The van der Waals surface area contributed by atoms with Gasteiger partial charge in [0.25, 0.3) is 10.0 Å². The Morgan fingerprint density at radius 1 is 0.643 bits per heavy atom. The molecule has 42 heavy (non-hydrogen) atoms. The predicted octanol–water partition coefficient (Wildman–Crippen LogP) is 9.94. The number of unbranched alkanes of at least 4 members (excludes halogenated alkanes) is 15. The van der Waals surface area contributed by atoms with Crippen LogP contribution >= 0.6 is 0 Å². The van der Waals surface area contributed by atoms with Crippen LogP contribution in [0.3, 0.4) is 0 Å². The molecule has 0 atom stereocenters. The minimum absolute atomic E-state index is 0.0754. The van der Waals surface area contributed by atoms with E-state index in [1.165, 1.54) is 102 Å². The van der Waals surface area contributed by atoms with E-state index in [0.717, 1.165) is 19.3 Å². The first-order chi connectivity index (χ1) is 20.4. The van der Waals surface area contributed by atoms with E-state index in [-0.39, 0.29) is 22.2 Å². The number of benzene rings is 3. The van der Waals surface area contributed by atoms with Crippen LogP contribution in [0.15, 0.2) is 65.6 Å². The third kappa shape index (κ3) is 11.3. The number of sulfonamides is 1. The summed E-state index contributed by atoms with van der Waals surface area (Å²) in [5.41, 5.74) is 0.492. The summed E-state index contributed by atoms with van der Waals surface area (Å²) in [6.45, 7) is 2.26. The van der Waals surface area contributed by atoms with Crippen molar-refractivity contribution in [3.05, 3.63) is 60.7 Å². The maximum atomic E-state index is 13.0. The summed E-state index contributed by atoms with van der Waals surface area (Å²) in [5.74, 6) is -0.267. The average molecular weight is 595 g/mol. The highest BCUT2D eigenvalue weighted by atomic mass is 32.2. The number of carbonyl (C=O) groups is 1. The van der Waals surface area contributed by atoms with Crippen LogP contribution < -0.4 is 10.0 Å². The summed E-state index contributed by atoms with van der Waals surface area (Å²) in [6.07, 6.45) is 20.8. The van der Waals surface area contributed by atoms with Crippen molar-refractivity contribution in [2.45, 2.75) is 121 Å². The number of amides is 1. The molecule has 0 unspecified atom stereocenters. The predicted molar refractivity (Wildman–Crippen MR) is 176 cm³/mol. The van der Waals surface area contributed by atoms with Crippen LogP contribution in [-0.2, 0) is 14.8 Å². The van der Waals surface area contributed by atoms with Gasteiger partial charge in [-0.25, -0.2) is 8.42 Å². The topological polar surface area (TPSA) is 95.5 Å². The molecule has 0 heterocycles. The SMILES string of the molecule is CCCCCCCCCCCCCCCCCCC(=O)Nc1cc(NS(=O)(=O)c2ccccc2)c2ccccc2c1O. The lowest BCUT2D eigenvalue weighted by atomic mass is 10.0. The van der Waals surface area contributed by atoms with Gasteiger partial charge in [-0.1, -0.05) is 146 Å². The number of hydrogen-bond acceptors (Lipinski definition) is 4. The van der Waals surface area contributed by atoms with Crippen LogP contribution in [0.4, 0.5) is 11.4 Å². The molecular formula is C35H50N2O4S. The fourth-order valence-electron chi connectivity index (χ4n) is 5.39. The molecule has 0 saturated carbocycles. The standard InChI is InChI=1S/C35H50N2O4S/c1-2-3-4-5-6-7-8-9-10-11-12-13-14-15-16-20-27-34(38)36-33-28-32(30-25-21-22-26-31(30)35(33)39)37-42(40,41)29-23-18-17-19-24-29/h17-19,21-26,28,37,39H,2-16,20,27H2,1H3,(H,36,38). The Labute approximate surface area is 253 Å². The van der Waals surface area contributed by atoms with Crippen molar-refractivity contribution in [1.82, 2.24) is 0 Å². The molecule has 0 bridgehead atoms. The molecule has 0 aliphatic carbocycles. The second-order valence-electron chi connectivity index (χ2n) is 11.4. The molecule has 0 saturated heterocycles. The highest BCUT2D eigenvalue weighted by Crippen LogP contribution is 2.39. The van der Waals surface area contributed by atoms with E-state index in [2.05, 4.69) is 17.0 Å². The second kappa shape index (κ2) is 18.5. The molecule has 0 spiro atoms. The fraction of sp³-hybridized carbons (Fsp3) is 0.514. The molecule has 0 aliphatic rings. The molecule has 3 aromatic carbocycles. The van der Waals surface area contributed by atoms with Crippen LogP contribution in [0, 0.1) is 0 Å². The largest absolute Gasteiger partial charge is 0.505 e. The molecular weight excluding hydrogens is 544 g/mol.